The van der Waals surface area contributed by atoms with Gasteiger partial charge in [-0.1, -0.05) is 62.0 Å². The molecule has 17 heavy (non-hydrogen) atoms. The van der Waals surface area contributed by atoms with Crippen molar-refractivity contribution in [1.29, 1.82) is 0 Å². The van der Waals surface area contributed by atoms with Crippen molar-refractivity contribution in [1.82, 2.24) is 0 Å². The maximum Gasteiger partial charge on any atom is 0.0836 e. The maximum atomic E-state index is 8.67. The molecule has 1 rings (SSSR count). The molecule has 2 heteroatoms. The molecule has 0 saturated heterocycles. The summed E-state index contributed by atoms with van der Waals surface area (Å²) in [6.07, 6.45) is 7.75. The molecule has 0 aliphatic heterocycles. The fourth-order valence-electron chi connectivity index (χ4n) is 1.90. The third kappa shape index (κ3) is 5.03. The Hall–Kier alpha value is -1.31. The molecule has 0 saturated carbocycles. The number of aryl methyl sites for hydroxylation is 1. The Bertz CT molecular complexity index is 340. The first-order valence-electron chi connectivity index (χ1n) is 6.56. The van der Waals surface area contributed by atoms with Crippen LogP contribution in [0.3, 0.4) is 0 Å². The summed E-state index contributed by atoms with van der Waals surface area (Å²) >= 11 is 0. The van der Waals surface area contributed by atoms with Gasteiger partial charge in [-0.2, -0.15) is 0 Å². The van der Waals surface area contributed by atoms with Crippen molar-refractivity contribution in [2.24, 2.45) is 5.16 Å². The van der Waals surface area contributed by atoms with E-state index in [1.807, 2.05) is 12.1 Å². The SMILES string of the molecule is CCCCCCCc1ccc(C(C)=NO)cc1. The van der Waals surface area contributed by atoms with E-state index in [2.05, 4.69) is 24.2 Å². The first-order valence-corrected chi connectivity index (χ1v) is 6.56. The van der Waals surface area contributed by atoms with Crippen LogP contribution in [0.5, 0.6) is 0 Å². The van der Waals surface area contributed by atoms with Crippen LogP contribution in [0.4, 0.5) is 0 Å². The molecule has 0 radical (unpaired) electrons. The second kappa shape index (κ2) is 7.88. The summed E-state index contributed by atoms with van der Waals surface area (Å²) in [6, 6.07) is 8.31. The van der Waals surface area contributed by atoms with Crippen molar-refractivity contribution in [2.45, 2.75) is 52.4 Å². The largest absolute Gasteiger partial charge is 0.411 e. The van der Waals surface area contributed by atoms with Crippen LogP contribution < -0.4 is 0 Å². The van der Waals surface area contributed by atoms with Crippen molar-refractivity contribution >= 4 is 5.71 Å². The first-order chi connectivity index (χ1) is 8.27. The van der Waals surface area contributed by atoms with Gasteiger partial charge in [-0.05, 0) is 30.9 Å². The predicted molar refractivity (Wildman–Crippen MR) is 72.9 cm³/mol. The van der Waals surface area contributed by atoms with Gasteiger partial charge in [0.15, 0.2) is 0 Å². The predicted octanol–water partition coefficient (Wildman–Crippen LogP) is 4.40. The Morgan fingerprint density at radius 2 is 1.71 bits per heavy atom. The topological polar surface area (TPSA) is 32.6 Å². The molecule has 94 valence electrons. The van der Waals surface area contributed by atoms with Gasteiger partial charge in [-0.15, -0.1) is 0 Å². The van der Waals surface area contributed by atoms with Crippen LogP contribution in [-0.2, 0) is 6.42 Å². The highest BCUT2D eigenvalue weighted by Crippen LogP contribution is 2.11. The smallest absolute Gasteiger partial charge is 0.0836 e. The number of hydrogen-bond donors (Lipinski definition) is 1. The summed E-state index contributed by atoms with van der Waals surface area (Å²) in [5.41, 5.74) is 3.03. The molecule has 2 nitrogen and oxygen atoms in total. The number of benzene rings is 1. The van der Waals surface area contributed by atoms with Gasteiger partial charge in [0.25, 0.3) is 0 Å². The van der Waals surface area contributed by atoms with Crippen LogP contribution in [-0.4, -0.2) is 10.9 Å². The minimum absolute atomic E-state index is 0.666. The Morgan fingerprint density at radius 1 is 1.06 bits per heavy atom. The van der Waals surface area contributed by atoms with Crippen molar-refractivity contribution in [3.05, 3.63) is 35.4 Å². The van der Waals surface area contributed by atoms with E-state index in [1.165, 1.54) is 37.7 Å². The summed E-state index contributed by atoms with van der Waals surface area (Å²) in [5.74, 6) is 0. The average molecular weight is 233 g/mol. The molecule has 0 unspecified atom stereocenters. The van der Waals surface area contributed by atoms with Gasteiger partial charge >= 0.3 is 0 Å². The van der Waals surface area contributed by atoms with Gasteiger partial charge in [-0.3, -0.25) is 0 Å². The fraction of sp³-hybridized carbons (Fsp3) is 0.533. The normalized spacial score (nSPS) is 11.8. The third-order valence-electron chi connectivity index (χ3n) is 3.09. The molecular weight excluding hydrogens is 210 g/mol. The van der Waals surface area contributed by atoms with E-state index in [1.54, 1.807) is 6.92 Å². The van der Waals surface area contributed by atoms with Crippen LogP contribution in [0.25, 0.3) is 0 Å². The summed E-state index contributed by atoms with van der Waals surface area (Å²) < 4.78 is 0. The molecular formula is C15H23NO. The molecule has 0 atom stereocenters. The number of rotatable bonds is 7. The number of unbranched alkanes of at least 4 members (excludes halogenated alkanes) is 4. The molecule has 0 fully saturated rings. The van der Waals surface area contributed by atoms with Crippen molar-refractivity contribution in [3.63, 3.8) is 0 Å². The van der Waals surface area contributed by atoms with Crippen molar-refractivity contribution in [2.75, 3.05) is 0 Å². The van der Waals surface area contributed by atoms with E-state index in [-0.39, 0.29) is 0 Å². The van der Waals surface area contributed by atoms with Crippen LogP contribution in [0.15, 0.2) is 29.4 Å². The van der Waals surface area contributed by atoms with Crippen LogP contribution in [0.1, 0.15) is 57.1 Å². The summed E-state index contributed by atoms with van der Waals surface area (Å²) in [6.45, 7) is 4.05. The molecule has 0 aliphatic carbocycles. The molecule has 0 aliphatic rings. The van der Waals surface area contributed by atoms with Gasteiger partial charge in [0.1, 0.15) is 0 Å². The van der Waals surface area contributed by atoms with Gasteiger partial charge in [-0.25, -0.2) is 0 Å². The second-order valence-electron chi connectivity index (χ2n) is 4.55. The molecule has 1 N–H and O–H groups in total. The maximum absolute atomic E-state index is 8.67. The lowest BCUT2D eigenvalue weighted by atomic mass is 10.0. The molecule has 0 aromatic heterocycles. The number of nitrogens with zero attached hydrogens (tertiary/aromatic N) is 1. The highest BCUT2D eigenvalue weighted by Gasteiger charge is 1.98. The van der Waals surface area contributed by atoms with Crippen LogP contribution >= 0.6 is 0 Å². The van der Waals surface area contributed by atoms with E-state index < -0.39 is 0 Å². The third-order valence-corrected chi connectivity index (χ3v) is 3.09. The zero-order valence-corrected chi connectivity index (χ0v) is 10.9. The van der Waals surface area contributed by atoms with E-state index in [4.69, 9.17) is 5.21 Å². The average Bonchev–Trinajstić information content (AvgIpc) is 2.38. The molecule has 1 aromatic rings. The van der Waals surface area contributed by atoms with Gasteiger partial charge in [0.05, 0.1) is 5.71 Å². The Balaban J connectivity index is 2.35. The highest BCUT2D eigenvalue weighted by atomic mass is 16.4. The second-order valence-corrected chi connectivity index (χ2v) is 4.55. The summed E-state index contributed by atoms with van der Waals surface area (Å²) in [4.78, 5) is 0. The lowest BCUT2D eigenvalue weighted by Gasteiger charge is -2.03. The first kappa shape index (κ1) is 13.8. The molecule has 1 aromatic carbocycles. The van der Waals surface area contributed by atoms with E-state index in [0.717, 1.165) is 12.0 Å². The molecule has 0 bridgehead atoms. The van der Waals surface area contributed by atoms with Gasteiger partial charge in [0.2, 0.25) is 0 Å². The lowest BCUT2D eigenvalue weighted by molar-refractivity contribution is 0.319. The standard InChI is InChI=1S/C15H23NO/c1-3-4-5-6-7-8-14-9-11-15(12-10-14)13(2)16-17/h9-12,17H,3-8H2,1-2H3. The molecule has 0 heterocycles. The number of hydrogen-bond acceptors (Lipinski definition) is 2. The van der Waals surface area contributed by atoms with E-state index in [9.17, 15) is 0 Å². The minimum Gasteiger partial charge on any atom is -0.411 e. The lowest BCUT2D eigenvalue weighted by Crippen LogP contribution is -1.94. The Morgan fingerprint density at radius 3 is 2.29 bits per heavy atom. The van der Waals surface area contributed by atoms with Crippen LogP contribution in [0.2, 0.25) is 0 Å². The zero-order chi connectivity index (χ0) is 12.5. The van der Waals surface area contributed by atoms with Crippen molar-refractivity contribution < 1.29 is 5.21 Å². The molecule has 0 amide bonds. The zero-order valence-electron chi connectivity index (χ0n) is 10.9. The molecule has 0 spiro atoms. The van der Waals surface area contributed by atoms with E-state index in [0.29, 0.717) is 5.71 Å². The highest BCUT2D eigenvalue weighted by molar-refractivity contribution is 5.98. The van der Waals surface area contributed by atoms with E-state index >= 15 is 0 Å². The van der Waals surface area contributed by atoms with Gasteiger partial charge < -0.3 is 5.21 Å². The number of oxime groups is 1. The minimum atomic E-state index is 0.666. The van der Waals surface area contributed by atoms with Crippen molar-refractivity contribution in [3.8, 4) is 0 Å². The van der Waals surface area contributed by atoms with Crippen LogP contribution in [0, 0.1) is 0 Å². The summed E-state index contributed by atoms with van der Waals surface area (Å²) in [5, 5.41) is 11.9. The quantitative estimate of drug-likeness (QED) is 0.322. The fourth-order valence-corrected chi connectivity index (χ4v) is 1.90. The van der Waals surface area contributed by atoms with Gasteiger partial charge in [0, 0.05) is 0 Å². The Kier molecular flexibility index (Phi) is 6.38. The summed E-state index contributed by atoms with van der Waals surface area (Å²) in [7, 11) is 0. The Labute approximate surface area is 104 Å². The monoisotopic (exact) mass is 233 g/mol.